The van der Waals surface area contributed by atoms with Crippen LogP contribution < -0.4 is 5.73 Å². The van der Waals surface area contributed by atoms with Gasteiger partial charge in [0.25, 0.3) is 0 Å². The Morgan fingerprint density at radius 3 is 2.60 bits per heavy atom. The molecule has 0 spiro atoms. The lowest BCUT2D eigenvalue weighted by molar-refractivity contribution is 1.09. The fraction of sp³-hybridized carbons (Fsp3) is 0.200. The summed E-state index contributed by atoms with van der Waals surface area (Å²) < 4.78 is 0.705. The zero-order chi connectivity index (χ0) is 7.72. The molecule has 1 aromatic heterocycles. The van der Waals surface area contributed by atoms with Gasteiger partial charge >= 0.3 is 0 Å². The van der Waals surface area contributed by atoms with Gasteiger partial charge in [0.1, 0.15) is 5.82 Å². The van der Waals surface area contributed by atoms with Crippen molar-refractivity contribution >= 4 is 33.3 Å². The molecule has 0 aliphatic rings. The minimum atomic E-state index is 0.179. The zero-order valence-corrected chi connectivity index (χ0v) is 7.57. The molecule has 0 aliphatic heterocycles. The van der Waals surface area contributed by atoms with Crippen LogP contribution in [-0.4, -0.2) is 9.97 Å². The number of nitrogens with two attached hydrogens (primary N) is 1. The number of nitrogens with zero attached hydrogens (tertiary/aromatic N) is 2. The number of hydrogen-bond acceptors (Lipinski definition) is 3. The van der Waals surface area contributed by atoms with Crippen LogP contribution in [-0.2, 0) is 0 Å². The van der Waals surface area contributed by atoms with E-state index >= 15 is 0 Å². The molecule has 0 aliphatic carbocycles. The molecule has 2 N–H and O–H groups in total. The lowest BCUT2D eigenvalue weighted by Gasteiger charge is -1.99. The van der Waals surface area contributed by atoms with Gasteiger partial charge in [0, 0.05) is 0 Å². The molecule has 54 valence electrons. The maximum Gasteiger partial charge on any atom is 0.224 e. The standard InChI is InChI=1S/C5H5BrClN3/c1-2-3(6)4(8)10-5(7)9-2/h1H3,(H2,8,9,10). The maximum atomic E-state index is 5.50. The largest absolute Gasteiger partial charge is 0.383 e. The first-order valence-electron chi connectivity index (χ1n) is 2.56. The third kappa shape index (κ3) is 1.38. The first-order valence-corrected chi connectivity index (χ1v) is 3.73. The number of anilines is 1. The molecular formula is C5H5BrClN3. The Labute approximate surface area is 71.7 Å². The Kier molecular flexibility index (Phi) is 2.11. The molecule has 1 heterocycles. The van der Waals surface area contributed by atoms with E-state index in [1.54, 1.807) is 6.92 Å². The van der Waals surface area contributed by atoms with E-state index in [4.69, 9.17) is 17.3 Å². The van der Waals surface area contributed by atoms with Crippen molar-refractivity contribution in [1.29, 1.82) is 0 Å². The van der Waals surface area contributed by atoms with Crippen molar-refractivity contribution in [1.82, 2.24) is 9.97 Å². The number of aryl methyl sites for hydroxylation is 1. The molecule has 0 fully saturated rings. The summed E-state index contributed by atoms with van der Waals surface area (Å²) in [7, 11) is 0. The highest BCUT2D eigenvalue weighted by Crippen LogP contribution is 2.20. The smallest absolute Gasteiger partial charge is 0.224 e. The highest BCUT2D eigenvalue weighted by Gasteiger charge is 2.03. The molecular weight excluding hydrogens is 217 g/mol. The highest BCUT2D eigenvalue weighted by atomic mass is 79.9. The van der Waals surface area contributed by atoms with E-state index in [-0.39, 0.29) is 5.28 Å². The van der Waals surface area contributed by atoms with Crippen molar-refractivity contribution in [2.45, 2.75) is 6.92 Å². The molecule has 0 atom stereocenters. The van der Waals surface area contributed by atoms with E-state index in [1.165, 1.54) is 0 Å². The molecule has 0 aromatic carbocycles. The van der Waals surface area contributed by atoms with Crippen LogP contribution in [0.5, 0.6) is 0 Å². The predicted molar refractivity (Wildman–Crippen MR) is 43.9 cm³/mol. The van der Waals surface area contributed by atoms with E-state index in [1.807, 2.05) is 0 Å². The summed E-state index contributed by atoms with van der Waals surface area (Å²) in [5, 5.41) is 0.179. The summed E-state index contributed by atoms with van der Waals surface area (Å²) in [4.78, 5) is 7.58. The molecule has 5 heteroatoms. The van der Waals surface area contributed by atoms with Crippen LogP contribution in [0.25, 0.3) is 0 Å². The quantitative estimate of drug-likeness (QED) is 0.681. The third-order valence-corrected chi connectivity index (χ3v) is 2.16. The Morgan fingerprint density at radius 2 is 2.10 bits per heavy atom. The van der Waals surface area contributed by atoms with Crippen LogP contribution in [0.4, 0.5) is 5.82 Å². The molecule has 0 amide bonds. The van der Waals surface area contributed by atoms with Gasteiger partial charge in [0.15, 0.2) is 0 Å². The molecule has 0 radical (unpaired) electrons. The lowest BCUT2D eigenvalue weighted by Crippen LogP contribution is -1.96. The average molecular weight is 222 g/mol. The minimum Gasteiger partial charge on any atom is -0.383 e. The first-order chi connectivity index (χ1) is 4.61. The first kappa shape index (κ1) is 7.75. The summed E-state index contributed by atoms with van der Waals surface area (Å²) in [5.41, 5.74) is 6.19. The number of hydrogen-bond donors (Lipinski definition) is 1. The molecule has 1 aromatic rings. The Hall–Kier alpha value is -0.350. The van der Waals surface area contributed by atoms with Crippen molar-refractivity contribution in [2.24, 2.45) is 0 Å². The summed E-state index contributed by atoms with van der Waals surface area (Å²) in [6.07, 6.45) is 0. The van der Waals surface area contributed by atoms with Gasteiger partial charge in [-0.05, 0) is 34.5 Å². The number of halogens is 2. The Balaban J connectivity index is 3.31. The van der Waals surface area contributed by atoms with Crippen LogP contribution in [0, 0.1) is 6.92 Å². The van der Waals surface area contributed by atoms with E-state index < -0.39 is 0 Å². The van der Waals surface area contributed by atoms with Gasteiger partial charge in [0.05, 0.1) is 10.2 Å². The van der Waals surface area contributed by atoms with Crippen LogP contribution in [0.3, 0.4) is 0 Å². The van der Waals surface area contributed by atoms with Gasteiger partial charge < -0.3 is 5.73 Å². The normalized spacial score (nSPS) is 9.90. The fourth-order valence-corrected chi connectivity index (χ4v) is 0.941. The topological polar surface area (TPSA) is 51.8 Å². The Bertz CT molecular complexity index is 240. The number of aromatic nitrogens is 2. The summed E-state index contributed by atoms with van der Waals surface area (Å²) in [6.45, 7) is 1.80. The second kappa shape index (κ2) is 2.72. The van der Waals surface area contributed by atoms with Crippen molar-refractivity contribution in [3.05, 3.63) is 15.5 Å². The zero-order valence-electron chi connectivity index (χ0n) is 5.23. The van der Waals surface area contributed by atoms with Crippen molar-refractivity contribution in [3.63, 3.8) is 0 Å². The van der Waals surface area contributed by atoms with Gasteiger partial charge in [-0.25, -0.2) is 4.98 Å². The Morgan fingerprint density at radius 1 is 1.50 bits per heavy atom. The molecule has 3 nitrogen and oxygen atoms in total. The van der Waals surface area contributed by atoms with Crippen molar-refractivity contribution < 1.29 is 0 Å². The molecule has 0 bridgehead atoms. The minimum absolute atomic E-state index is 0.179. The monoisotopic (exact) mass is 221 g/mol. The summed E-state index contributed by atoms with van der Waals surface area (Å²) in [5.74, 6) is 0.373. The molecule has 0 saturated heterocycles. The third-order valence-electron chi connectivity index (χ3n) is 1.02. The van der Waals surface area contributed by atoms with E-state index in [9.17, 15) is 0 Å². The summed E-state index contributed by atoms with van der Waals surface area (Å²) >= 11 is 8.70. The lowest BCUT2D eigenvalue weighted by atomic mass is 10.4. The summed E-state index contributed by atoms with van der Waals surface area (Å²) in [6, 6.07) is 0. The van der Waals surface area contributed by atoms with Gasteiger partial charge in [-0.2, -0.15) is 4.98 Å². The SMILES string of the molecule is Cc1nc(Cl)nc(N)c1Br. The average Bonchev–Trinajstić information content (AvgIpc) is 1.82. The van der Waals surface area contributed by atoms with Crippen LogP contribution >= 0.6 is 27.5 Å². The molecule has 0 saturated carbocycles. The number of nitrogen functional groups attached to an aromatic ring is 1. The fourth-order valence-electron chi connectivity index (χ4n) is 0.546. The highest BCUT2D eigenvalue weighted by molar-refractivity contribution is 9.10. The van der Waals surface area contributed by atoms with E-state index in [0.29, 0.717) is 10.3 Å². The molecule has 10 heavy (non-hydrogen) atoms. The molecule has 1 rings (SSSR count). The van der Waals surface area contributed by atoms with Gasteiger partial charge in [-0.1, -0.05) is 0 Å². The number of rotatable bonds is 0. The van der Waals surface area contributed by atoms with Gasteiger partial charge in [-0.3, -0.25) is 0 Å². The van der Waals surface area contributed by atoms with E-state index in [2.05, 4.69) is 25.9 Å². The second-order valence-corrected chi connectivity index (χ2v) is 2.91. The van der Waals surface area contributed by atoms with Crippen LogP contribution in [0.15, 0.2) is 4.47 Å². The van der Waals surface area contributed by atoms with Crippen molar-refractivity contribution in [2.75, 3.05) is 5.73 Å². The van der Waals surface area contributed by atoms with Crippen molar-refractivity contribution in [3.8, 4) is 0 Å². The van der Waals surface area contributed by atoms with Crippen LogP contribution in [0.1, 0.15) is 5.69 Å². The predicted octanol–water partition coefficient (Wildman–Crippen LogP) is 1.78. The van der Waals surface area contributed by atoms with Crippen LogP contribution in [0.2, 0.25) is 5.28 Å². The van der Waals surface area contributed by atoms with E-state index in [0.717, 1.165) is 5.69 Å². The second-order valence-electron chi connectivity index (χ2n) is 1.78. The van der Waals surface area contributed by atoms with Gasteiger partial charge in [0.2, 0.25) is 5.28 Å². The van der Waals surface area contributed by atoms with Gasteiger partial charge in [-0.15, -0.1) is 0 Å². The molecule has 0 unspecified atom stereocenters. The maximum absolute atomic E-state index is 5.50.